The van der Waals surface area contributed by atoms with E-state index in [1.165, 1.54) is 6.20 Å². The van der Waals surface area contributed by atoms with Crippen molar-refractivity contribution in [2.24, 2.45) is 0 Å². The average Bonchev–Trinajstić information content (AvgIpc) is 2.66. The Morgan fingerprint density at radius 3 is 2.78 bits per heavy atom. The number of halogens is 4. The molecule has 1 unspecified atom stereocenters. The van der Waals surface area contributed by atoms with Crippen LogP contribution in [0.25, 0.3) is 0 Å². The van der Waals surface area contributed by atoms with E-state index in [9.17, 15) is 13.2 Å². The quantitative estimate of drug-likeness (QED) is 0.878. The second kappa shape index (κ2) is 4.70. The Balaban J connectivity index is 2.32. The number of hydrogen-bond donors (Lipinski definition) is 2. The molecular formula is C11H13BrF3N3. The van der Waals surface area contributed by atoms with Gasteiger partial charge in [0.1, 0.15) is 5.82 Å². The van der Waals surface area contributed by atoms with Gasteiger partial charge in [0.15, 0.2) is 0 Å². The minimum absolute atomic E-state index is 0.114. The van der Waals surface area contributed by atoms with Crippen molar-refractivity contribution in [3.05, 3.63) is 22.3 Å². The standard InChI is InChI=1S/C11H13BrF3N3/c1-10(2-3-16-6-10)18-9-8(11(13,14)15)4-7(12)5-17-9/h4-5,16H,2-3,6H2,1H3,(H,17,18). The number of anilines is 1. The third-order valence-electron chi connectivity index (χ3n) is 2.95. The Morgan fingerprint density at radius 2 is 2.22 bits per heavy atom. The number of alkyl halides is 3. The van der Waals surface area contributed by atoms with Crippen molar-refractivity contribution >= 4 is 21.7 Å². The van der Waals surface area contributed by atoms with Crippen LogP contribution in [0, 0.1) is 0 Å². The molecule has 0 aliphatic carbocycles. The van der Waals surface area contributed by atoms with Gasteiger partial charge >= 0.3 is 6.18 Å². The molecule has 1 aromatic rings. The Hall–Kier alpha value is -0.820. The van der Waals surface area contributed by atoms with Crippen LogP contribution in [0.1, 0.15) is 18.9 Å². The first-order valence-corrected chi connectivity index (χ1v) is 6.31. The summed E-state index contributed by atoms with van der Waals surface area (Å²) in [5, 5.41) is 6.03. The molecule has 2 heterocycles. The fourth-order valence-electron chi connectivity index (χ4n) is 1.96. The number of hydrogen-bond acceptors (Lipinski definition) is 3. The third-order valence-corrected chi connectivity index (χ3v) is 3.38. The Kier molecular flexibility index (Phi) is 3.55. The van der Waals surface area contributed by atoms with Crippen molar-refractivity contribution in [2.75, 3.05) is 18.4 Å². The zero-order valence-electron chi connectivity index (χ0n) is 9.74. The highest BCUT2D eigenvalue weighted by Crippen LogP contribution is 2.36. The van der Waals surface area contributed by atoms with Gasteiger partial charge in [0.25, 0.3) is 0 Å². The normalized spacial score (nSPS) is 24.3. The third kappa shape index (κ3) is 2.95. The second-order valence-corrected chi connectivity index (χ2v) is 5.58. The van der Waals surface area contributed by atoms with Gasteiger partial charge in [-0.25, -0.2) is 4.98 Å². The van der Waals surface area contributed by atoms with Crippen molar-refractivity contribution in [1.29, 1.82) is 0 Å². The second-order valence-electron chi connectivity index (χ2n) is 4.66. The van der Waals surface area contributed by atoms with E-state index >= 15 is 0 Å². The number of rotatable bonds is 2. The largest absolute Gasteiger partial charge is 0.419 e. The van der Waals surface area contributed by atoms with Gasteiger partial charge in [-0.15, -0.1) is 0 Å². The minimum atomic E-state index is -4.42. The van der Waals surface area contributed by atoms with Crippen LogP contribution in [0.2, 0.25) is 0 Å². The van der Waals surface area contributed by atoms with Crippen LogP contribution in [-0.2, 0) is 6.18 Å². The molecular weight excluding hydrogens is 311 g/mol. The van der Waals surface area contributed by atoms with Gasteiger partial charge < -0.3 is 10.6 Å². The number of nitrogens with one attached hydrogen (secondary N) is 2. The highest BCUT2D eigenvalue weighted by Gasteiger charge is 2.37. The topological polar surface area (TPSA) is 37.0 Å². The molecule has 0 bridgehead atoms. The molecule has 1 aliphatic heterocycles. The van der Waals surface area contributed by atoms with Gasteiger partial charge in [0.2, 0.25) is 0 Å². The molecule has 0 aromatic carbocycles. The Bertz CT molecular complexity index is 442. The molecule has 0 amide bonds. The highest BCUT2D eigenvalue weighted by molar-refractivity contribution is 9.10. The van der Waals surface area contributed by atoms with Gasteiger partial charge in [-0.3, -0.25) is 0 Å². The lowest BCUT2D eigenvalue weighted by atomic mass is 10.0. The molecule has 2 N–H and O–H groups in total. The van der Waals surface area contributed by atoms with Crippen LogP contribution in [-0.4, -0.2) is 23.6 Å². The van der Waals surface area contributed by atoms with Crippen molar-refractivity contribution in [3.8, 4) is 0 Å². The molecule has 1 aliphatic rings. The number of pyridine rings is 1. The van der Waals surface area contributed by atoms with Gasteiger partial charge in [-0.2, -0.15) is 13.2 Å². The first-order chi connectivity index (χ1) is 8.30. The summed E-state index contributed by atoms with van der Waals surface area (Å²) in [5.74, 6) is -0.114. The van der Waals surface area contributed by atoms with Crippen LogP contribution in [0.5, 0.6) is 0 Å². The average molecular weight is 324 g/mol. The number of nitrogens with zero attached hydrogens (tertiary/aromatic N) is 1. The maximum atomic E-state index is 12.9. The molecule has 1 atom stereocenters. The van der Waals surface area contributed by atoms with E-state index in [0.29, 0.717) is 11.0 Å². The molecule has 0 spiro atoms. The minimum Gasteiger partial charge on any atom is -0.363 e. The highest BCUT2D eigenvalue weighted by atomic mass is 79.9. The smallest absolute Gasteiger partial charge is 0.363 e. The van der Waals surface area contributed by atoms with Gasteiger partial charge in [-0.1, -0.05) is 0 Å². The van der Waals surface area contributed by atoms with Crippen LogP contribution in [0.4, 0.5) is 19.0 Å². The van der Waals surface area contributed by atoms with Crippen LogP contribution in [0.15, 0.2) is 16.7 Å². The molecule has 1 aromatic heterocycles. The summed E-state index contributed by atoms with van der Waals surface area (Å²) >= 11 is 3.01. The van der Waals surface area contributed by atoms with Crippen molar-refractivity contribution < 1.29 is 13.2 Å². The SMILES string of the molecule is CC1(Nc2ncc(Br)cc2C(F)(F)F)CCNC1. The molecule has 0 radical (unpaired) electrons. The molecule has 2 rings (SSSR count). The molecule has 1 fully saturated rings. The fourth-order valence-corrected chi connectivity index (χ4v) is 2.30. The van der Waals surface area contributed by atoms with E-state index in [4.69, 9.17) is 0 Å². The summed E-state index contributed by atoms with van der Waals surface area (Å²) in [6.07, 6.45) is -2.28. The molecule has 7 heteroatoms. The zero-order chi connectivity index (χ0) is 13.4. The van der Waals surface area contributed by atoms with Gasteiger partial charge in [0, 0.05) is 22.8 Å². The predicted molar refractivity (Wildman–Crippen MR) is 66.5 cm³/mol. The van der Waals surface area contributed by atoms with Crippen molar-refractivity contribution in [1.82, 2.24) is 10.3 Å². The maximum Gasteiger partial charge on any atom is 0.419 e. The van der Waals surface area contributed by atoms with E-state index in [-0.39, 0.29) is 11.4 Å². The summed E-state index contributed by atoms with van der Waals surface area (Å²) in [7, 11) is 0. The van der Waals surface area contributed by atoms with Gasteiger partial charge in [-0.05, 0) is 41.9 Å². The lowest BCUT2D eigenvalue weighted by Crippen LogP contribution is -2.38. The molecule has 1 saturated heterocycles. The van der Waals surface area contributed by atoms with Gasteiger partial charge in [0.05, 0.1) is 5.56 Å². The van der Waals surface area contributed by atoms with Crippen molar-refractivity contribution in [2.45, 2.75) is 25.1 Å². The molecule has 3 nitrogen and oxygen atoms in total. The summed E-state index contributed by atoms with van der Waals surface area (Å²) in [6, 6.07) is 1.04. The summed E-state index contributed by atoms with van der Waals surface area (Å²) < 4.78 is 39.0. The van der Waals surface area contributed by atoms with E-state index < -0.39 is 11.7 Å². The van der Waals surface area contributed by atoms with E-state index in [1.807, 2.05) is 6.92 Å². The van der Waals surface area contributed by atoms with Crippen LogP contribution < -0.4 is 10.6 Å². The first kappa shape index (κ1) is 13.6. The molecule has 0 saturated carbocycles. The maximum absolute atomic E-state index is 12.9. The predicted octanol–water partition coefficient (Wildman–Crippen LogP) is 3.03. The fraction of sp³-hybridized carbons (Fsp3) is 0.545. The lowest BCUT2D eigenvalue weighted by molar-refractivity contribution is -0.137. The zero-order valence-corrected chi connectivity index (χ0v) is 11.3. The van der Waals surface area contributed by atoms with E-state index in [1.54, 1.807) is 0 Å². The van der Waals surface area contributed by atoms with Crippen LogP contribution >= 0.6 is 15.9 Å². The first-order valence-electron chi connectivity index (χ1n) is 5.52. The van der Waals surface area contributed by atoms with E-state index in [0.717, 1.165) is 19.0 Å². The Morgan fingerprint density at radius 1 is 1.50 bits per heavy atom. The molecule has 100 valence electrons. The summed E-state index contributed by atoms with van der Waals surface area (Å²) in [5.41, 5.74) is -1.13. The number of aromatic nitrogens is 1. The summed E-state index contributed by atoms with van der Waals surface area (Å²) in [6.45, 7) is 3.31. The monoisotopic (exact) mass is 323 g/mol. The van der Waals surface area contributed by atoms with Crippen LogP contribution in [0.3, 0.4) is 0 Å². The molecule has 18 heavy (non-hydrogen) atoms. The van der Waals surface area contributed by atoms with E-state index in [2.05, 4.69) is 31.5 Å². The Labute approximate surface area is 111 Å². The van der Waals surface area contributed by atoms with Crippen molar-refractivity contribution in [3.63, 3.8) is 0 Å². The summed E-state index contributed by atoms with van der Waals surface area (Å²) in [4.78, 5) is 3.85. The lowest BCUT2D eigenvalue weighted by Gasteiger charge is -2.27.